The van der Waals surface area contributed by atoms with Crippen molar-refractivity contribution < 1.29 is 57.8 Å². The molecular formula is C46H56N2O13. The lowest BCUT2D eigenvalue weighted by Gasteiger charge is -2.35. The number of benzene rings is 3. The first-order valence-corrected chi connectivity index (χ1v) is 20.2. The van der Waals surface area contributed by atoms with Gasteiger partial charge in [0, 0.05) is 67.7 Å². The van der Waals surface area contributed by atoms with Crippen LogP contribution in [0.25, 0.3) is 33.3 Å². The Kier molecular flexibility index (Phi) is 14.0. The summed E-state index contributed by atoms with van der Waals surface area (Å²) in [5.74, 6) is -5.70. The Morgan fingerprint density at radius 2 is 1.72 bits per heavy atom. The number of anilines is 1. The summed E-state index contributed by atoms with van der Waals surface area (Å²) >= 11 is 0. The van der Waals surface area contributed by atoms with Crippen molar-refractivity contribution in [3.63, 3.8) is 0 Å². The fourth-order valence-corrected chi connectivity index (χ4v) is 7.55. The number of allylic oxidation sites excluding steroid dienone is 1. The molecule has 3 aliphatic rings. The summed E-state index contributed by atoms with van der Waals surface area (Å²) in [6, 6.07) is 4.91. The van der Waals surface area contributed by atoms with Gasteiger partial charge >= 0.3 is 11.8 Å². The largest absolute Gasteiger partial charge is 0.507 e. The molecule has 2 aromatic carbocycles. The number of aliphatic hydroxyl groups is 2. The van der Waals surface area contributed by atoms with Crippen LogP contribution in [0.5, 0.6) is 17.2 Å². The zero-order valence-electron chi connectivity index (χ0n) is 36.4. The number of aromatic hydroxyl groups is 1. The van der Waals surface area contributed by atoms with Crippen LogP contribution in [0.1, 0.15) is 84.7 Å². The fourth-order valence-electron chi connectivity index (χ4n) is 7.55. The summed E-state index contributed by atoms with van der Waals surface area (Å²) in [7, 11) is 1.44. The Morgan fingerprint density at radius 3 is 2.33 bits per heavy atom. The van der Waals surface area contributed by atoms with E-state index in [0.717, 1.165) is 0 Å². The minimum Gasteiger partial charge on any atom is -0.507 e. The monoisotopic (exact) mass is 844 g/mol. The van der Waals surface area contributed by atoms with E-state index in [2.05, 4.69) is 11.9 Å². The number of nitrogens with one attached hydrogen (secondary N) is 1. The van der Waals surface area contributed by atoms with Gasteiger partial charge in [-0.25, -0.2) is 4.98 Å². The smallest absolute Gasteiger partial charge is 0.312 e. The maximum absolute atomic E-state index is 14.6. The zero-order chi connectivity index (χ0) is 45.2. The summed E-state index contributed by atoms with van der Waals surface area (Å²) in [5.41, 5.74) is -0.624. The number of amides is 1. The molecule has 1 amide bonds. The lowest BCUT2D eigenvalue weighted by Crippen LogP contribution is -2.43. The number of phenols is 1. The normalized spacial score (nSPS) is 18.8. The number of aromatic nitrogens is 1. The minimum atomic E-state index is -2.04. The highest BCUT2D eigenvalue weighted by Gasteiger charge is 2.50. The van der Waals surface area contributed by atoms with Crippen LogP contribution >= 0.6 is 0 Å². The second-order valence-electron chi connectivity index (χ2n) is 16.1. The quantitative estimate of drug-likeness (QED) is 0.0208. The zero-order valence-corrected chi connectivity index (χ0v) is 36.4. The average Bonchev–Trinajstić information content (AvgIpc) is 3.46. The van der Waals surface area contributed by atoms with Crippen LogP contribution in [0, 0.1) is 24.7 Å². The van der Waals surface area contributed by atoms with Gasteiger partial charge in [-0.05, 0) is 52.8 Å². The molecule has 15 heteroatoms. The van der Waals surface area contributed by atoms with Crippen LogP contribution in [0.2, 0.25) is 0 Å². The molecule has 0 aromatic heterocycles. The van der Waals surface area contributed by atoms with Crippen LogP contribution in [-0.4, -0.2) is 81.4 Å². The molecule has 5 rings (SSSR count). The molecule has 4 N–H and O–H groups in total. The van der Waals surface area contributed by atoms with Crippen molar-refractivity contribution in [1.29, 1.82) is 0 Å². The number of aliphatic hydroxyl groups excluding tert-OH is 2. The fraction of sp³-hybridized carbons (Fsp3) is 0.457. The molecule has 0 radical (unpaired) electrons. The van der Waals surface area contributed by atoms with Crippen molar-refractivity contribution in [3.05, 3.63) is 76.2 Å². The number of ketones is 1. The van der Waals surface area contributed by atoms with Gasteiger partial charge in [0.15, 0.2) is 11.3 Å². The highest BCUT2D eigenvalue weighted by molar-refractivity contribution is 6.22. The van der Waals surface area contributed by atoms with E-state index in [4.69, 9.17) is 33.1 Å². The Bertz CT molecular complexity index is 2430. The Morgan fingerprint density at radius 1 is 1.03 bits per heavy atom. The number of fused-ring (bicyclic) bond motifs is 6. The third kappa shape index (κ3) is 9.28. The van der Waals surface area contributed by atoms with E-state index in [1.807, 2.05) is 39.8 Å². The number of hydrogen-bond acceptors (Lipinski definition) is 14. The second-order valence-corrected chi connectivity index (χ2v) is 16.1. The molecule has 8 atom stereocenters. The number of carbonyl (C=O) groups is 3. The van der Waals surface area contributed by atoms with Gasteiger partial charge in [-0.15, -0.1) is 0 Å². The van der Waals surface area contributed by atoms with E-state index in [1.165, 1.54) is 47.1 Å². The molecule has 2 heterocycles. The number of rotatable bonds is 17. The molecule has 2 aromatic rings. The van der Waals surface area contributed by atoms with Gasteiger partial charge in [-0.3, -0.25) is 19.2 Å². The maximum atomic E-state index is 14.6. The average molecular weight is 845 g/mol. The standard InChI is InChI=1S/C46H56N2O13/c1-13-14-23(6)30(50)20-31(51)24(7)41(59-27(10)49)25(8)32(56-12)17-18-57-46(11)44(54)36-34-35(39(52)26(9)42(36)61-46)40(53)38(48-45(55)21(2)3)43-37(34)47-29-16-15-28(58-22(4)5)19-33(29)60-43/h13-19,22-25,30-32,41,50-52H,2,20H2,1,3-12H3,(H,48,55)/b14-13+,18-17+/t23-,24+,25+,30+,31+,32-,41-,46-/m0/s1. The Labute approximate surface area is 354 Å². The van der Waals surface area contributed by atoms with Crippen molar-refractivity contribution in [2.45, 2.75) is 112 Å². The van der Waals surface area contributed by atoms with Crippen LogP contribution < -0.4 is 20.2 Å². The van der Waals surface area contributed by atoms with Crippen molar-refractivity contribution in [3.8, 4) is 28.7 Å². The summed E-state index contributed by atoms with van der Waals surface area (Å²) < 4.78 is 35.8. The summed E-state index contributed by atoms with van der Waals surface area (Å²) in [4.78, 5) is 59.0. The molecule has 0 bridgehead atoms. The molecule has 2 aliphatic heterocycles. The van der Waals surface area contributed by atoms with Crippen LogP contribution in [-0.2, 0) is 23.8 Å². The van der Waals surface area contributed by atoms with Crippen molar-refractivity contribution >= 4 is 45.2 Å². The van der Waals surface area contributed by atoms with Crippen LogP contribution in [0.15, 0.2) is 64.1 Å². The van der Waals surface area contributed by atoms with Crippen LogP contribution in [0.3, 0.4) is 0 Å². The van der Waals surface area contributed by atoms with Gasteiger partial charge in [-0.2, -0.15) is 0 Å². The second kappa shape index (κ2) is 18.5. The number of phenolic OH excluding ortho intramolecular Hbond substituents is 1. The van der Waals surface area contributed by atoms with E-state index in [1.54, 1.807) is 32.0 Å². The molecule has 61 heavy (non-hydrogen) atoms. The number of hydrogen-bond donors (Lipinski definition) is 4. The van der Waals surface area contributed by atoms with Gasteiger partial charge in [0.25, 0.3) is 11.7 Å². The van der Waals surface area contributed by atoms with Crippen molar-refractivity contribution in [2.24, 2.45) is 17.8 Å². The number of carbonyl (C=O) groups excluding carboxylic acids is 3. The van der Waals surface area contributed by atoms with E-state index in [-0.39, 0.29) is 74.4 Å². The number of nitrogens with zero attached hydrogens (tertiary/aromatic N) is 1. The van der Waals surface area contributed by atoms with Crippen molar-refractivity contribution in [2.75, 3.05) is 12.4 Å². The molecule has 0 saturated heterocycles. The summed E-state index contributed by atoms with van der Waals surface area (Å²) in [6.07, 6.45) is 2.72. The van der Waals surface area contributed by atoms with E-state index < -0.39 is 70.9 Å². The molecule has 0 fully saturated rings. The molecular weight excluding hydrogens is 789 g/mol. The predicted molar refractivity (Wildman–Crippen MR) is 229 cm³/mol. The molecule has 0 saturated carbocycles. The molecule has 0 spiro atoms. The highest BCUT2D eigenvalue weighted by Crippen LogP contribution is 2.50. The first-order chi connectivity index (χ1) is 28.6. The molecule has 15 nitrogen and oxygen atoms in total. The van der Waals surface area contributed by atoms with E-state index in [9.17, 15) is 34.5 Å². The number of esters is 1. The number of ether oxygens (including phenoxy) is 5. The van der Waals surface area contributed by atoms with E-state index in [0.29, 0.717) is 11.3 Å². The third-order valence-electron chi connectivity index (χ3n) is 11.0. The van der Waals surface area contributed by atoms with Gasteiger partial charge in [-0.1, -0.05) is 39.5 Å². The highest BCUT2D eigenvalue weighted by atomic mass is 16.7. The van der Waals surface area contributed by atoms with E-state index >= 15 is 0 Å². The summed E-state index contributed by atoms with van der Waals surface area (Å²) in [6.45, 7) is 20.1. The first-order valence-electron chi connectivity index (χ1n) is 20.2. The summed E-state index contributed by atoms with van der Waals surface area (Å²) in [5, 5.41) is 35.6. The lowest BCUT2D eigenvalue weighted by molar-refractivity contribution is -0.158. The number of Topliss-reactive ketones (excluding diaryl/α,β-unsaturated/α-hetero) is 1. The number of methoxy groups -OCH3 is 1. The van der Waals surface area contributed by atoms with Gasteiger partial charge in [0.2, 0.25) is 5.43 Å². The molecule has 1 aliphatic carbocycles. The van der Waals surface area contributed by atoms with Gasteiger partial charge in [0.05, 0.1) is 41.6 Å². The van der Waals surface area contributed by atoms with Gasteiger partial charge in [0.1, 0.15) is 40.3 Å². The Hall–Kier alpha value is -5.77. The van der Waals surface area contributed by atoms with Crippen molar-refractivity contribution in [1.82, 2.24) is 4.98 Å². The SMILES string of the molecule is C=C(C)C(=O)Nc1c2oc3cc(OC(C)C)ccc3nc-2c2c3c(c(C)c(O)c2c1=O)O[C@](C)(O/C=C/[C@H](OC)[C@@H](C)[C@@H](OC(C)=O)[C@H](C)[C@H](O)C[C@@H](O)[C@@H](C)/C=C/C)C3=O. The van der Waals surface area contributed by atoms with Crippen LogP contribution in [0.4, 0.5) is 5.69 Å². The third-order valence-corrected chi connectivity index (χ3v) is 11.0. The minimum absolute atomic E-state index is 0.0233. The lowest BCUT2D eigenvalue weighted by atomic mass is 9.83. The molecule has 0 unspecified atom stereocenters. The predicted octanol–water partition coefficient (Wildman–Crippen LogP) is 7.13. The van der Waals surface area contributed by atoms with Gasteiger partial charge < -0.3 is 48.7 Å². The topological polar surface area (TPSA) is 213 Å². The first kappa shape index (κ1) is 46.3. The maximum Gasteiger partial charge on any atom is 0.312 e. The Balaban J connectivity index is 1.56. The molecule has 328 valence electrons.